The van der Waals surface area contributed by atoms with Crippen molar-refractivity contribution in [3.63, 3.8) is 0 Å². The number of nitrogens with one attached hydrogen (secondary N) is 2. The highest BCUT2D eigenvalue weighted by Crippen LogP contribution is 2.05. The maximum atomic E-state index is 11.6. The second-order valence-corrected chi connectivity index (χ2v) is 3.93. The average Bonchev–Trinajstić information content (AvgIpc) is 2.86. The molecule has 7 heteroatoms. The molecule has 1 aromatic heterocycles. The molecule has 0 unspecified atom stereocenters. The van der Waals surface area contributed by atoms with Gasteiger partial charge in [-0.2, -0.15) is 0 Å². The third kappa shape index (κ3) is 3.63. The molecule has 0 aliphatic carbocycles. The summed E-state index contributed by atoms with van der Waals surface area (Å²) in [6.07, 6.45) is 1.33. The van der Waals surface area contributed by atoms with Gasteiger partial charge in [-0.3, -0.25) is 4.79 Å². The van der Waals surface area contributed by atoms with Gasteiger partial charge in [-0.1, -0.05) is 35.3 Å². The molecule has 0 radical (unpaired) electrons. The largest absolute Gasteiger partial charge is 0.432 e. The molecular weight excluding hydrogens is 248 g/mol. The van der Waals surface area contributed by atoms with E-state index in [4.69, 9.17) is 0 Å². The number of aromatic amines is 1. The molecule has 0 fully saturated rings. The van der Waals surface area contributed by atoms with E-state index in [1.165, 1.54) is 6.20 Å². The fraction of sp³-hybridized carbons (Fsp3) is 0.167. The molecule has 1 heterocycles. The van der Waals surface area contributed by atoms with Crippen LogP contribution in [-0.2, 0) is 17.8 Å². The van der Waals surface area contributed by atoms with Gasteiger partial charge in [-0.25, -0.2) is 4.98 Å². The summed E-state index contributed by atoms with van der Waals surface area (Å²) in [6, 6.07) is 9.48. The Balaban J connectivity index is 1.85. The standard InChI is InChI=1S/C12H12N4O3/c17-11(13-7-9-4-2-1-3-5-9)6-10-8-14-12(15-10)16(18)19/h1-5,8H,6-7H2,(H,13,17)(H,14,15). The Bertz CT molecular complexity index is 580. The second-order valence-electron chi connectivity index (χ2n) is 3.93. The molecule has 19 heavy (non-hydrogen) atoms. The smallest absolute Gasteiger partial charge is 0.390 e. The van der Waals surface area contributed by atoms with Gasteiger partial charge in [0.2, 0.25) is 5.91 Å². The normalized spacial score (nSPS) is 10.1. The predicted molar refractivity (Wildman–Crippen MR) is 67.2 cm³/mol. The molecule has 0 saturated carbocycles. The van der Waals surface area contributed by atoms with Crippen molar-refractivity contribution in [1.29, 1.82) is 0 Å². The summed E-state index contributed by atoms with van der Waals surface area (Å²) in [6.45, 7) is 0.426. The first-order valence-corrected chi connectivity index (χ1v) is 5.64. The monoisotopic (exact) mass is 260 g/mol. The minimum atomic E-state index is -0.634. The summed E-state index contributed by atoms with van der Waals surface area (Å²) in [5.41, 5.74) is 1.41. The van der Waals surface area contributed by atoms with Gasteiger partial charge in [0.15, 0.2) is 0 Å². The van der Waals surface area contributed by atoms with Crippen molar-refractivity contribution in [2.24, 2.45) is 0 Å². The van der Waals surface area contributed by atoms with Gasteiger partial charge in [0.05, 0.1) is 6.42 Å². The highest BCUT2D eigenvalue weighted by Gasteiger charge is 2.13. The van der Waals surface area contributed by atoms with Crippen molar-refractivity contribution in [2.75, 3.05) is 0 Å². The molecule has 0 aliphatic heterocycles. The van der Waals surface area contributed by atoms with E-state index in [0.717, 1.165) is 5.56 Å². The van der Waals surface area contributed by atoms with Crippen molar-refractivity contribution < 1.29 is 9.72 Å². The first-order valence-electron chi connectivity index (χ1n) is 5.64. The molecule has 0 saturated heterocycles. The zero-order valence-electron chi connectivity index (χ0n) is 10.00. The minimum Gasteiger partial charge on any atom is -0.390 e. The van der Waals surface area contributed by atoms with Gasteiger partial charge < -0.3 is 15.4 Å². The second kappa shape index (κ2) is 5.76. The van der Waals surface area contributed by atoms with Crippen LogP contribution >= 0.6 is 0 Å². The van der Waals surface area contributed by atoms with Gasteiger partial charge in [0, 0.05) is 6.54 Å². The summed E-state index contributed by atoms with van der Waals surface area (Å²) < 4.78 is 0. The van der Waals surface area contributed by atoms with Gasteiger partial charge in [-0.05, 0) is 10.5 Å². The van der Waals surface area contributed by atoms with Crippen molar-refractivity contribution in [3.05, 3.63) is 57.9 Å². The minimum absolute atomic E-state index is 0.0354. The van der Waals surface area contributed by atoms with Gasteiger partial charge in [0.1, 0.15) is 11.9 Å². The van der Waals surface area contributed by atoms with E-state index in [1.54, 1.807) is 0 Å². The predicted octanol–water partition coefficient (Wildman–Crippen LogP) is 1.18. The molecule has 0 atom stereocenters. The number of H-pyrrole nitrogens is 1. The van der Waals surface area contributed by atoms with Gasteiger partial charge >= 0.3 is 5.95 Å². The number of hydrogen-bond acceptors (Lipinski definition) is 4. The quantitative estimate of drug-likeness (QED) is 0.622. The van der Waals surface area contributed by atoms with E-state index < -0.39 is 4.92 Å². The van der Waals surface area contributed by atoms with Crippen LogP contribution < -0.4 is 5.32 Å². The molecule has 2 N–H and O–H groups in total. The fourth-order valence-corrected chi connectivity index (χ4v) is 1.56. The molecule has 0 aliphatic rings. The number of carbonyl (C=O) groups excluding carboxylic acids is 1. The molecule has 2 rings (SSSR count). The number of aromatic nitrogens is 2. The van der Waals surface area contributed by atoms with Crippen LogP contribution in [0.4, 0.5) is 5.95 Å². The van der Waals surface area contributed by atoms with Crippen LogP contribution in [0.2, 0.25) is 0 Å². The Labute approximate surface area is 108 Å². The molecular formula is C12H12N4O3. The first-order chi connectivity index (χ1) is 9.15. The van der Waals surface area contributed by atoms with Crippen molar-refractivity contribution in [1.82, 2.24) is 15.3 Å². The lowest BCUT2D eigenvalue weighted by Gasteiger charge is -2.03. The summed E-state index contributed by atoms with van der Waals surface area (Å²) >= 11 is 0. The highest BCUT2D eigenvalue weighted by molar-refractivity contribution is 5.78. The van der Waals surface area contributed by atoms with Crippen molar-refractivity contribution >= 4 is 11.9 Å². The van der Waals surface area contributed by atoms with Crippen LogP contribution in [0.3, 0.4) is 0 Å². The third-order valence-electron chi connectivity index (χ3n) is 2.47. The van der Waals surface area contributed by atoms with Crippen LogP contribution in [0, 0.1) is 10.1 Å². The zero-order valence-corrected chi connectivity index (χ0v) is 10.00. The number of benzene rings is 1. The Morgan fingerprint density at radius 2 is 2.11 bits per heavy atom. The number of nitrogens with zero attached hydrogens (tertiary/aromatic N) is 2. The van der Waals surface area contributed by atoms with Crippen molar-refractivity contribution in [3.8, 4) is 0 Å². The molecule has 1 aromatic carbocycles. The summed E-state index contributed by atoms with van der Waals surface area (Å²) in [5, 5.41) is 13.2. The summed E-state index contributed by atoms with van der Waals surface area (Å²) in [4.78, 5) is 27.4. The Morgan fingerprint density at radius 3 is 2.74 bits per heavy atom. The van der Waals surface area contributed by atoms with E-state index in [9.17, 15) is 14.9 Å². The molecule has 0 spiro atoms. The van der Waals surface area contributed by atoms with Crippen molar-refractivity contribution in [2.45, 2.75) is 13.0 Å². The summed E-state index contributed by atoms with van der Waals surface area (Å²) in [5.74, 6) is -0.576. The van der Waals surface area contributed by atoms with Crippen LogP contribution in [0.1, 0.15) is 11.3 Å². The number of rotatable bonds is 5. The van der Waals surface area contributed by atoms with Gasteiger partial charge in [0.25, 0.3) is 0 Å². The molecule has 7 nitrogen and oxygen atoms in total. The molecule has 2 aromatic rings. The maximum absolute atomic E-state index is 11.6. The molecule has 98 valence electrons. The summed E-state index contributed by atoms with van der Waals surface area (Å²) in [7, 11) is 0. The van der Waals surface area contributed by atoms with Crippen LogP contribution in [-0.4, -0.2) is 20.8 Å². The Hall–Kier alpha value is -2.70. The van der Waals surface area contributed by atoms with Crippen LogP contribution in [0.25, 0.3) is 0 Å². The maximum Gasteiger partial charge on any atom is 0.432 e. The van der Waals surface area contributed by atoms with Gasteiger partial charge in [-0.15, -0.1) is 0 Å². The average molecular weight is 260 g/mol. The van der Waals surface area contributed by atoms with Crippen LogP contribution in [0.15, 0.2) is 36.5 Å². The number of amides is 1. The lowest BCUT2D eigenvalue weighted by molar-refractivity contribution is -0.393. The number of nitro groups is 1. The lowest BCUT2D eigenvalue weighted by Crippen LogP contribution is -2.24. The zero-order chi connectivity index (χ0) is 13.7. The van der Waals surface area contributed by atoms with E-state index in [0.29, 0.717) is 12.2 Å². The number of hydrogen-bond donors (Lipinski definition) is 2. The SMILES string of the molecule is O=C(Cc1cnc([N+](=O)[O-])[nH]1)NCc1ccccc1. The fourth-order valence-electron chi connectivity index (χ4n) is 1.56. The Morgan fingerprint density at radius 1 is 1.37 bits per heavy atom. The highest BCUT2D eigenvalue weighted by atomic mass is 16.6. The third-order valence-corrected chi connectivity index (χ3v) is 2.47. The topological polar surface area (TPSA) is 101 Å². The van der Waals surface area contributed by atoms with E-state index in [-0.39, 0.29) is 18.3 Å². The molecule has 0 bridgehead atoms. The Kier molecular flexibility index (Phi) is 3.87. The molecule has 1 amide bonds. The number of carbonyl (C=O) groups is 1. The van der Waals surface area contributed by atoms with Crippen LogP contribution in [0.5, 0.6) is 0 Å². The number of imidazole rings is 1. The van der Waals surface area contributed by atoms with E-state index >= 15 is 0 Å². The van der Waals surface area contributed by atoms with E-state index in [2.05, 4.69) is 15.3 Å². The van der Waals surface area contributed by atoms with E-state index in [1.807, 2.05) is 30.3 Å². The lowest BCUT2D eigenvalue weighted by atomic mass is 10.2. The first kappa shape index (κ1) is 12.7.